The minimum absolute atomic E-state index is 0.0875. The van der Waals surface area contributed by atoms with E-state index in [0.29, 0.717) is 24.6 Å². The van der Waals surface area contributed by atoms with E-state index in [1.165, 1.54) is 12.8 Å². The number of morpholine rings is 1. The Morgan fingerprint density at radius 2 is 2.21 bits per heavy atom. The van der Waals surface area contributed by atoms with Gasteiger partial charge in [0.05, 0.1) is 18.3 Å². The van der Waals surface area contributed by atoms with Crippen LogP contribution in [0, 0.1) is 19.8 Å². The third kappa shape index (κ3) is 2.63. The van der Waals surface area contributed by atoms with Crippen LogP contribution in [0.15, 0.2) is 12.3 Å². The number of aromatic nitrogens is 1. The van der Waals surface area contributed by atoms with Gasteiger partial charge in [-0.05, 0) is 44.2 Å². The third-order valence-corrected chi connectivity index (χ3v) is 4.12. The number of amides is 1. The molecule has 1 amide bonds. The summed E-state index contributed by atoms with van der Waals surface area (Å²) in [6.45, 7) is 6.03. The molecular formula is C15H20N2O2. The summed E-state index contributed by atoms with van der Waals surface area (Å²) in [5, 5.41) is 0. The third-order valence-electron chi connectivity index (χ3n) is 4.12. The number of carbonyl (C=O) groups excluding carboxylic acids is 1. The Labute approximate surface area is 113 Å². The molecule has 1 atom stereocenters. The molecule has 3 rings (SSSR count). The van der Waals surface area contributed by atoms with Crippen molar-refractivity contribution in [2.45, 2.75) is 32.8 Å². The lowest BCUT2D eigenvalue weighted by atomic mass is 10.1. The quantitative estimate of drug-likeness (QED) is 0.816. The zero-order valence-corrected chi connectivity index (χ0v) is 11.6. The molecule has 2 fully saturated rings. The fourth-order valence-corrected chi connectivity index (χ4v) is 2.56. The average molecular weight is 260 g/mol. The van der Waals surface area contributed by atoms with Crippen molar-refractivity contribution in [2.24, 2.45) is 5.92 Å². The van der Waals surface area contributed by atoms with Crippen LogP contribution in [0.2, 0.25) is 0 Å². The van der Waals surface area contributed by atoms with Gasteiger partial charge >= 0.3 is 0 Å². The van der Waals surface area contributed by atoms with Gasteiger partial charge in [0.25, 0.3) is 5.91 Å². The summed E-state index contributed by atoms with van der Waals surface area (Å²) in [5.74, 6) is 0.762. The molecule has 1 aliphatic heterocycles. The highest BCUT2D eigenvalue weighted by atomic mass is 16.5. The van der Waals surface area contributed by atoms with Crippen molar-refractivity contribution in [3.63, 3.8) is 0 Å². The van der Waals surface area contributed by atoms with Crippen molar-refractivity contribution in [1.29, 1.82) is 0 Å². The summed E-state index contributed by atoms with van der Waals surface area (Å²) in [6, 6.07) is 1.94. The van der Waals surface area contributed by atoms with Gasteiger partial charge < -0.3 is 9.64 Å². The molecule has 2 aliphatic rings. The second-order valence-electron chi connectivity index (χ2n) is 5.62. The van der Waals surface area contributed by atoms with Gasteiger partial charge in [0, 0.05) is 25.0 Å². The second kappa shape index (κ2) is 4.93. The summed E-state index contributed by atoms with van der Waals surface area (Å²) >= 11 is 0. The van der Waals surface area contributed by atoms with Crippen molar-refractivity contribution < 1.29 is 9.53 Å². The van der Waals surface area contributed by atoms with Gasteiger partial charge in [-0.1, -0.05) is 0 Å². The largest absolute Gasteiger partial charge is 0.374 e. The maximum Gasteiger partial charge on any atom is 0.255 e. The number of aryl methyl sites for hydroxylation is 2. The first kappa shape index (κ1) is 12.6. The number of hydrogen-bond acceptors (Lipinski definition) is 3. The monoisotopic (exact) mass is 260 g/mol. The number of rotatable bonds is 2. The molecule has 1 saturated carbocycles. The second-order valence-corrected chi connectivity index (χ2v) is 5.62. The molecule has 1 aromatic rings. The average Bonchev–Trinajstić information content (AvgIpc) is 3.26. The number of carbonyl (C=O) groups is 1. The molecule has 0 bridgehead atoms. The Hall–Kier alpha value is -1.42. The van der Waals surface area contributed by atoms with E-state index in [9.17, 15) is 4.79 Å². The Kier molecular flexibility index (Phi) is 3.27. The van der Waals surface area contributed by atoms with E-state index in [2.05, 4.69) is 4.98 Å². The van der Waals surface area contributed by atoms with Crippen molar-refractivity contribution >= 4 is 5.91 Å². The molecule has 1 aliphatic carbocycles. The molecule has 2 heterocycles. The maximum absolute atomic E-state index is 12.5. The molecule has 0 N–H and O–H groups in total. The zero-order valence-electron chi connectivity index (χ0n) is 11.6. The molecule has 4 heteroatoms. The highest BCUT2D eigenvalue weighted by Gasteiger charge is 2.36. The Balaban J connectivity index is 1.73. The van der Waals surface area contributed by atoms with Gasteiger partial charge in [-0.3, -0.25) is 9.78 Å². The molecular weight excluding hydrogens is 240 g/mol. The minimum atomic E-state index is 0.0875. The van der Waals surface area contributed by atoms with Crippen LogP contribution in [0.5, 0.6) is 0 Å². The molecule has 0 radical (unpaired) electrons. The summed E-state index contributed by atoms with van der Waals surface area (Å²) in [7, 11) is 0. The fourth-order valence-electron chi connectivity index (χ4n) is 2.56. The highest BCUT2D eigenvalue weighted by molar-refractivity contribution is 5.94. The lowest BCUT2D eigenvalue weighted by Gasteiger charge is -2.33. The molecule has 1 aromatic heterocycles. The SMILES string of the molecule is Cc1cc(C(=O)N2CCO[C@H](C3CC3)C2)cnc1C. The lowest BCUT2D eigenvalue weighted by Crippen LogP contribution is -2.46. The normalized spacial score (nSPS) is 23.5. The first-order chi connectivity index (χ1) is 9.15. The number of nitrogens with zero attached hydrogens (tertiary/aromatic N) is 2. The van der Waals surface area contributed by atoms with E-state index in [4.69, 9.17) is 4.74 Å². The Bertz CT molecular complexity index is 497. The van der Waals surface area contributed by atoms with Gasteiger partial charge in [-0.2, -0.15) is 0 Å². The van der Waals surface area contributed by atoms with E-state index >= 15 is 0 Å². The molecule has 0 spiro atoms. The highest BCUT2D eigenvalue weighted by Crippen LogP contribution is 2.35. The maximum atomic E-state index is 12.5. The predicted octanol–water partition coefficient (Wildman–Crippen LogP) is 1.95. The first-order valence-corrected chi connectivity index (χ1v) is 6.99. The van der Waals surface area contributed by atoms with E-state index in [0.717, 1.165) is 17.8 Å². The summed E-state index contributed by atoms with van der Waals surface area (Å²) in [6.07, 6.45) is 4.43. The molecule has 0 aromatic carbocycles. The van der Waals surface area contributed by atoms with Gasteiger partial charge in [0.1, 0.15) is 0 Å². The minimum Gasteiger partial charge on any atom is -0.374 e. The summed E-state index contributed by atoms with van der Waals surface area (Å²) in [5.41, 5.74) is 2.74. The van der Waals surface area contributed by atoms with Crippen molar-refractivity contribution in [3.05, 3.63) is 29.1 Å². The predicted molar refractivity (Wildman–Crippen MR) is 72.1 cm³/mol. The topological polar surface area (TPSA) is 42.4 Å². The van der Waals surface area contributed by atoms with Crippen LogP contribution < -0.4 is 0 Å². The van der Waals surface area contributed by atoms with Crippen LogP contribution in [0.3, 0.4) is 0 Å². The van der Waals surface area contributed by atoms with Crippen LogP contribution in [0.4, 0.5) is 0 Å². The summed E-state index contributed by atoms with van der Waals surface area (Å²) in [4.78, 5) is 18.7. The van der Waals surface area contributed by atoms with Gasteiger partial charge in [0.2, 0.25) is 0 Å². The number of ether oxygens (including phenoxy) is 1. The van der Waals surface area contributed by atoms with Crippen molar-refractivity contribution in [2.75, 3.05) is 19.7 Å². The molecule has 19 heavy (non-hydrogen) atoms. The number of hydrogen-bond donors (Lipinski definition) is 0. The Morgan fingerprint density at radius 1 is 1.42 bits per heavy atom. The van der Waals surface area contributed by atoms with Crippen LogP contribution in [0.1, 0.15) is 34.5 Å². The van der Waals surface area contributed by atoms with Crippen molar-refractivity contribution in [3.8, 4) is 0 Å². The fraction of sp³-hybridized carbons (Fsp3) is 0.600. The smallest absolute Gasteiger partial charge is 0.255 e. The first-order valence-electron chi connectivity index (χ1n) is 6.99. The van der Waals surface area contributed by atoms with E-state index in [1.54, 1.807) is 6.20 Å². The van der Waals surface area contributed by atoms with Crippen molar-refractivity contribution in [1.82, 2.24) is 9.88 Å². The van der Waals surface area contributed by atoms with Crippen LogP contribution in [0.25, 0.3) is 0 Å². The standard InChI is InChI=1S/C15H20N2O2/c1-10-7-13(8-16-11(10)2)15(18)17-5-6-19-14(9-17)12-3-4-12/h7-8,12,14H,3-6,9H2,1-2H3/t14-/m0/s1. The zero-order chi connectivity index (χ0) is 13.4. The molecule has 0 unspecified atom stereocenters. The van der Waals surface area contributed by atoms with Crippen LogP contribution >= 0.6 is 0 Å². The van der Waals surface area contributed by atoms with Gasteiger partial charge in [0.15, 0.2) is 0 Å². The lowest BCUT2D eigenvalue weighted by molar-refractivity contribution is -0.0314. The van der Waals surface area contributed by atoms with E-state index in [-0.39, 0.29) is 12.0 Å². The van der Waals surface area contributed by atoms with Crippen LogP contribution in [-0.4, -0.2) is 41.6 Å². The van der Waals surface area contributed by atoms with Gasteiger partial charge in [-0.15, -0.1) is 0 Å². The van der Waals surface area contributed by atoms with Crippen LogP contribution in [-0.2, 0) is 4.74 Å². The Morgan fingerprint density at radius 3 is 2.89 bits per heavy atom. The summed E-state index contributed by atoms with van der Waals surface area (Å²) < 4.78 is 5.75. The number of pyridine rings is 1. The van der Waals surface area contributed by atoms with E-state index < -0.39 is 0 Å². The molecule has 1 saturated heterocycles. The van der Waals surface area contributed by atoms with Gasteiger partial charge in [-0.25, -0.2) is 0 Å². The molecule has 102 valence electrons. The molecule has 4 nitrogen and oxygen atoms in total. The van der Waals surface area contributed by atoms with E-state index in [1.807, 2.05) is 24.8 Å².